The lowest BCUT2D eigenvalue weighted by Gasteiger charge is -2.34. The Morgan fingerprint density at radius 3 is 2.75 bits per heavy atom. The van der Waals surface area contributed by atoms with Crippen molar-refractivity contribution in [3.05, 3.63) is 29.3 Å². The lowest BCUT2D eigenvalue weighted by atomic mass is 9.99. The molecule has 20 heavy (non-hydrogen) atoms. The predicted octanol–water partition coefficient (Wildman–Crippen LogP) is 2.11. The van der Waals surface area contributed by atoms with Crippen molar-refractivity contribution in [2.45, 2.75) is 38.5 Å². The average molecular weight is 278 g/mol. The predicted molar refractivity (Wildman–Crippen MR) is 81.1 cm³/mol. The first kappa shape index (κ1) is 15.3. The summed E-state index contributed by atoms with van der Waals surface area (Å²) in [6, 6.07) is 6.96. The summed E-state index contributed by atoms with van der Waals surface area (Å²) < 4.78 is 11.0. The van der Waals surface area contributed by atoms with Gasteiger partial charge >= 0.3 is 0 Å². The summed E-state index contributed by atoms with van der Waals surface area (Å²) in [5.74, 6) is 0.921. The molecule has 0 amide bonds. The molecule has 1 aromatic rings. The van der Waals surface area contributed by atoms with Gasteiger partial charge in [-0.25, -0.2) is 0 Å². The maximum atomic E-state index is 6.03. The van der Waals surface area contributed by atoms with E-state index in [-0.39, 0.29) is 12.1 Å². The Kier molecular flexibility index (Phi) is 5.02. The third-order valence-electron chi connectivity index (χ3n) is 4.38. The molecule has 1 aliphatic rings. The van der Waals surface area contributed by atoms with Gasteiger partial charge in [0.1, 0.15) is 5.75 Å². The zero-order valence-corrected chi connectivity index (χ0v) is 12.9. The highest BCUT2D eigenvalue weighted by Crippen LogP contribution is 2.29. The molecule has 3 atom stereocenters. The molecule has 1 heterocycles. The van der Waals surface area contributed by atoms with Crippen LogP contribution in [0.2, 0.25) is 0 Å². The second-order valence-corrected chi connectivity index (χ2v) is 5.58. The number of aryl methyl sites for hydroxylation is 1. The van der Waals surface area contributed by atoms with Gasteiger partial charge in [0, 0.05) is 25.2 Å². The van der Waals surface area contributed by atoms with Gasteiger partial charge in [-0.1, -0.05) is 12.1 Å². The summed E-state index contributed by atoms with van der Waals surface area (Å²) in [7, 11) is 3.85. The van der Waals surface area contributed by atoms with Crippen LogP contribution < -0.4 is 10.5 Å². The van der Waals surface area contributed by atoms with E-state index in [2.05, 4.69) is 37.9 Å². The maximum absolute atomic E-state index is 6.03. The zero-order chi connectivity index (χ0) is 14.7. The van der Waals surface area contributed by atoms with Gasteiger partial charge in [0.25, 0.3) is 0 Å². The van der Waals surface area contributed by atoms with Crippen molar-refractivity contribution >= 4 is 0 Å². The van der Waals surface area contributed by atoms with Gasteiger partial charge in [-0.05, 0) is 44.5 Å². The molecule has 3 unspecified atom stereocenters. The highest BCUT2D eigenvalue weighted by Gasteiger charge is 2.31. The second-order valence-electron chi connectivity index (χ2n) is 5.58. The van der Waals surface area contributed by atoms with E-state index in [0.717, 1.165) is 24.3 Å². The van der Waals surface area contributed by atoms with Crippen LogP contribution in [0.4, 0.5) is 0 Å². The highest BCUT2D eigenvalue weighted by atomic mass is 16.5. The maximum Gasteiger partial charge on any atom is 0.121 e. The molecule has 0 bridgehead atoms. The number of nitrogens with two attached hydrogens (primary N) is 1. The molecule has 0 radical (unpaired) electrons. The molecular formula is C16H26N2O2. The van der Waals surface area contributed by atoms with Crippen LogP contribution in [0.3, 0.4) is 0 Å². The molecule has 4 nitrogen and oxygen atoms in total. The number of methoxy groups -OCH3 is 1. The first-order chi connectivity index (χ1) is 9.58. The lowest BCUT2D eigenvalue weighted by Crippen LogP contribution is -2.42. The van der Waals surface area contributed by atoms with E-state index in [1.807, 2.05) is 6.07 Å². The van der Waals surface area contributed by atoms with Crippen molar-refractivity contribution in [2.24, 2.45) is 5.73 Å². The van der Waals surface area contributed by atoms with Gasteiger partial charge in [0.05, 0.1) is 13.2 Å². The largest absolute Gasteiger partial charge is 0.496 e. The van der Waals surface area contributed by atoms with E-state index < -0.39 is 0 Å². The van der Waals surface area contributed by atoms with Crippen LogP contribution in [0.25, 0.3) is 0 Å². The molecule has 1 fully saturated rings. The van der Waals surface area contributed by atoms with E-state index in [0.29, 0.717) is 12.6 Å². The molecule has 1 aliphatic heterocycles. The van der Waals surface area contributed by atoms with Crippen molar-refractivity contribution in [1.29, 1.82) is 0 Å². The molecule has 4 heteroatoms. The van der Waals surface area contributed by atoms with E-state index in [1.54, 1.807) is 7.11 Å². The quantitative estimate of drug-likeness (QED) is 0.896. The van der Waals surface area contributed by atoms with Crippen LogP contribution in [0.15, 0.2) is 18.2 Å². The Labute approximate surface area is 121 Å². The monoisotopic (exact) mass is 278 g/mol. The molecule has 0 saturated carbocycles. The lowest BCUT2D eigenvalue weighted by molar-refractivity contribution is 0.0686. The van der Waals surface area contributed by atoms with E-state index in [9.17, 15) is 0 Å². The molecule has 1 aromatic carbocycles. The Balaban J connectivity index is 2.20. The summed E-state index contributed by atoms with van der Waals surface area (Å²) in [4.78, 5) is 2.36. The fourth-order valence-corrected chi connectivity index (χ4v) is 3.13. The third kappa shape index (κ3) is 2.97. The van der Waals surface area contributed by atoms with Crippen LogP contribution >= 0.6 is 0 Å². The van der Waals surface area contributed by atoms with Crippen LogP contribution in [-0.2, 0) is 4.74 Å². The van der Waals surface area contributed by atoms with Crippen molar-refractivity contribution in [3.8, 4) is 5.75 Å². The summed E-state index contributed by atoms with van der Waals surface area (Å²) in [6.07, 6.45) is 1.34. The van der Waals surface area contributed by atoms with Gasteiger partial charge in [-0.15, -0.1) is 0 Å². The minimum absolute atomic E-state index is 0.216. The summed E-state index contributed by atoms with van der Waals surface area (Å²) >= 11 is 0. The van der Waals surface area contributed by atoms with Crippen molar-refractivity contribution in [3.63, 3.8) is 0 Å². The Morgan fingerprint density at radius 1 is 1.50 bits per heavy atom. The minimum atomic E-state index is 0.216. The summed E-state index contributed by atoms with van der Waals surface area (Å²) in [6.45, 7) is 5.65. The minimum Gasteiger partial charge on any atom is -0.496 e. The fourth-order valence-electron chi connectivity index (χ4n) is 3.13. The molecule has 0 aliphatic carbocycles. The van der Waals surface area contributed by atoms with Crippen molar-refractivity contribution in [2.75, 3.05) is 27.3 Å². The SMILES string of the molecule is COc1ccc(C(CN)N(C)C2CCOC2C)cc1C. The number of hydrogen-bond acceptors (Lipinski definition) is 4. The molecule has 0 aromatic heterocycles. The number of benzene rings is 1. The van der Waals surface area contributed by atoms with E-state index >= 15 is 0 Å². The molecule has 2 rings (SSSR count). The van der Waals surface area contributed by atoms with Gasteiger partial charge in [-0.2, -0.15) is 0 Å². The van der Waals surface area contributed by atoms with Crippen LogP contribution in [0, 0.1) is 6.92 Å². The van der Waals surface area contributed by atoms with Gasteiger partial charge < -0.3 is 15.2 Å². The Morgan fingerprint density at radius 2 is 2.25 bits per heavy atom. The molecule has 1 saturated heterocycles. The Hall–Kier alpha value is -1.10. The number of nitrogens with zero attached hydrogens (tertiary/aromatic N) is 1. The molecule has 2 N–H and O–H groups in total. The van der Waals surface area contributed by atoms with Crippen molar-refractivity contribution in [1.82, 2.24) is 4.90 Å². The fraction of sp³-hybridized carbons (Fsp3) is 0.625. The first-order valence-electron chi connectivity index (χ1n) is 7.26. The zero-order valence-electron chi connectivity index (χ0n) is 12.9. The number of likely N-dealkylation sites (N-methyl/N-ethyl adjacent to an activating group) is 1. The Bertz CT molecular complexity index is 450. The van der Waals surface area contributed by atoms with Gasteiger partial charge in [-0.3, -0.25) is 4.90 Å². The molecule has 112 valence electrons. The molecule has 0 spiro atoms. The number of ether oxygens (including phenoxy) is 2. The highest BCUT2D eigenvalue weighted by molar-refractivity contribution is 5.37. The summed E-state index contributed by atoms with van der Waals surface area (Å²) in [5.41, 5.74) is 8.41. The van der Waals surface area contributed by atoms with Crippen LogP contribution in [0.1, 0.15) is 30.5 Å². The average Bonchev–Trinajstić information content (AvgIpc) is 2.86. The standard InChI is InChI=1S/C16H26N2O2/c1-11-9-13(5-6-16(11)19-4)15(10-17)18(3)14-7-8-20-12(14)2/h5-6,9,12,14-15H,7-8,10,17H2,1-4H3. The number of hydrogen-bond donors (Lipinski definition) is 1. The molecular weight excluding hydrogens is 252 g/mol. The van der Waals surface area contributed by atoms with Crippen LogP contribution in [-0.4, -0.2) is 44.4 Å². The van der Waals surface area contributed by atoms with Crippen molar-refractivity contribution < 1.29 is 9.47 Å². The first-order valence-corrected chi connectivity index (χ1v) is 7.26. The number of rotatable bonds is 5. The topological polar surface area (TPSA) is 47.7 Å². The van der Waals surface area contributed by atoms with E-state index in [1.165, 1.54) is 5.56 Å². The summed E-state index contributed by atoms with van der Waals surface area (Å²) in [5, 5.41) is 0. The normalized spacial score (nSPS) is 24.1. The van der Waals surface area contributed by atoms with Gasteiger partial charge in [0.15, 0.2) is 0 Å². The third-order valence-corrected chi connectivity index (χ3v) is 4.38. The van der Waals surface area contributed by atoms with E-state index in [4.69, 9.17) is 15.2 Å². The van der Waals surface area contributed by atoms with Crippen LogP contribution in [0.5, 0.6) is 5.75 Å². The second kappa shape index (κ2) is 6.57. The smallest absolute Gasteiger partial charge is 0.121 e. The van der Waals surface area contributed by atoms with Gasteiger partial charge in [0.2, 0.25) is 0 Å².